The lowest BCUT2D eigenvalue weighted by Crippen LogP contribution is -2.30. The molecule has 0 aliphatic rings. The molecule has 1 aromatic carbocycles. The Balaban J connectivity index is 3.02. The van der Waals surface area contributed by atoms with Gasteiger partial charge >= 0.3 is 6.18 Å². The summed E-state index contributed by atoms with van der Waals surface area (Å²) >= 11 is 3.05. The fourth-order valence-electron chi connectivity index (χ4n) is 1.44. The highest BCUT2D eigenvalue weighted by Gasteiger charge is 2.34. The number of halogens is 4. The lowest BCUT2D eigenvalue weighted by molar-refractivity contribution is -0.137. The Bertz CT molecular complexity index is 409. The topological polar surface area (TPSA) is 21.3 Å². The van der Waals surface area contributed by atoms with Crippen molar-refractivity contribution in [3.05, 3.63) is 28.2 Å². The number of methoxy groups -OCH3 is 1. The fraction of sp³-hybridized carbons (Fsp3) is 0.500. The number of rotatable bonds is 4. The van der Waals surface area contributed by atoms with Gasteiger partial charge in [-0.25, -0.2) is 0 Å². The maximum atomic E-state index is 12.9. The molecule has 0 amide bonds. The van der Waals surface area contributed by atoms with Gasteiger partial charge in [0, 0.05) is 23.3 Å². The van der Waals surface area contributed by atoms with Gasteiger partial charge in [0.2, 0.25) is 0 Å². The molecular formula is C12H15BrF3NO. The van der Waals surface area contributed by atoms with Crippen LogP contribution in [0.2, 0.25) is 0 Å². The van der Waals surface area contributed by atoms with Gasteiger partial charge in [-0.15, -0.1) is 0 Å². The van der Waals surface area contributed by atoms with Crippen molar-refractivity contribution in [2.24, 2.45) is 0 Å². The number of ether oxygens (including phenoxy) is 1. The van der Waals surface area contributed by atoms with E-state index in [0.717, 1.165) is 6.07 Å². The van der Waals surface area contributed by atoms with E-state index in [1.807, 2.05) is 0 Å². The first-order valence-electron chi connectivity index (χ1n) is 5.41. The molecule has 1 rings (SSSR count). The summed E-state index contributed by atoms with van der Waals surface area (Å²) in [4.78, 5) is 0. The summed E-state index contributed by atoms with van der Waals surface area (Å²) in [6.07, 6.45) is -4.57. The molecule has 0 aromatic heterocycles. The van der Waals surface area contributed by atoms with Crippen LogP contribution in [0.3, 0.4) is 0 Å². The van der Waals surface area contributed by atoms with Crippen LogP contribution >= 0.6 is 15.9 Å². The molecule has 6 heteroatoms. The molecular weight excluding hydrogens is 311 g/mol. The van der Waals surface area contributed by atoms with Gasteiger partial charge in [0.05, 0.1) is 11.7 Å². The first-order chi connectivity index (χ1) is 8.25. The summed E-state index contributed by atoms with van der Waals surface area (Å²) in [5.41, 5.74) is -0.630. The van der Waals surface area contributed by atoms with Crippen LogP contribution in [0.5, 0.6) is 0 Å². The van der Waals surface area contributed by atoms with Crippen LogP contribution in [0.25, 0.3) is 0 Å². The van der Waals surface area contributed by atoms with Crippen molar-refractivity contribution in [1.82, 2.24) is 0 Å². The first-order valence-corrected chi connectivity index (χ1v) is 6.21. The summed E-state index contributed by atoms with van der Waals surface area (Å²) in [7, 11) is 1.52. The Morgan fingerprint density at radius 2 is 1.89 bits per heavy atom. The van der Waals surface area contributed by atoms with Crippen LogP contribution in [0.4, 0.5) is 18.9 Å². The minimum atomic E-state index is -4.39. The molecule has 1 aromatic rings. The van der Waals surface area contributed by atoms with Crippen LogP contribution in [0.1, 0.15) is 19.4 Å². The Kier molecular flexibility index (Phi) is 5.04. The first kappa shape index (κ1) is 15.3. The van der Waals surface area contributed by atoms with E-state index in [1.54, 1.807) is 19.9 Å². The predicted octanol–water partition coefficient (Wildman–Crippen LogP) is 4.30. The molecule has 0 spiro atoms. The lowest BCUT2D eigenvalue weighted by atomic mass is 10.1. The number of alkyl halides is 3. The Morgan fingerprint density at radius 1 is 1.28 bits per heavy atom. The maximum Gasteiger partial charge on any atom is 0.418 e. The second-order valence-electron chi connectivity index (χ2n) is 4.06. The van der Waals surface area contributed by atoms with Gasteiger partial charge < -0.3 is 10.1 Å². The quantitative estimate of drug-likeness (QED) is 0.891. The SMILES string of the molecule is COC(C)C(C)Nc1ccc(Br)cc1C(F)(F)F. The van der Waals surface area contributed by atoms with Gasteiger partial charge in [0.25, 0.3) is 0 Å². The molecule has 0 heterocycles. The molecule has 0 aliphatic heterocycles. The number of hydrogen-bond acceptors (Lipinski definition) is 2. The van der Waals surface area contributed by atoms with Crippen molar-refractivity contribution in [1.29, 1.82) is 0 Å². The molecule has 0 saturated carbocycles. The summed E-state index contributed by atoms with van der Waals surface area (Å²) in [6, 6.07) is 3.82. The van der Waals surface area contributed by atoms with Crippen molar-refractivity contribution in [3.8, 4) is 0 Å². The van der Waals surface area contributed by atoms with Crippen molar-refractivity contribution >= 4 is 21.6 Å². The van der Waals surface area contributed by atoms with E-state index < -0.39 is 11.7 Å². The van der Waals surface area contributed by atoms with Crippen molar-refractivity contribution in [2.75, 3.05) is 12.4 Å². The Hall–Kier alpha value is -0.750. The van der Waals surface area contributed by atoms with Crippen LogP contribution in [-0.4, -0.2) is 19.3 Å². The lowest BCUT2D eigenvalue weighted by Gasteiger charge is -2.23. The minimum Gasteiger partial charge on any atom is -0.380 e. The van der Waals surface area contributed by atoms with Gasteiger partial charge in [-0.2, -0.15) is 13.2 Å². The highest BCUT2D eigenvalue weighted by molar-refractivity contribution is 9.10. The van der Waals surface area contributed by atoms with Crippen LogP contribution in [0, 0.1) is 0 Å². The molecule has 0 bridgehead atoms. The average Bonchev–Trinajstić information content (AvgIpc) is 2.28. The van der Waals surface area contributed by atoms with Gasteiger partial charge in [0.15, 0.2) is 0 Å². The van der Waals surface area contributed by atoms with E-state index in [4.69, 9.17) is 4.74 Å². The zero-order chi connectivity index (χ0) is 13.9. The molecule has 2 nitrogen and oxygen atoms in total. The second-order valence-corrected chi connectivity index (χ2v) is 4.98. The standard InChI is InChI=1S/C12H15BrF3NO/c1-7(8(2)18-3)17-11-5-4-9(13)6-10(11)12(14,15)16/h4-8,17H,1-3H3. The zero-order valence-electron chi connectivity index (χ0n) is 10.3. The molecule has 2 atom stereocenters. The van der Waals surface area contributed by atoms with Crippen LogP contribution < -0.4 is 5.32 Å². The molecule has 0 fully saturated rings. The van der Waals surface area contributed by atoms with Gasteiger partial charge in [-0.3, -0.25) is 0 Å². The molecule has 1 N–H and O–H groups in total. The third kappa shape index (κ3) is 3.88. The van der Waals surface area contributed by atoms with Crippen LogP contribution in [0.15, 0.2) is 22.7 Å². The molecule has 0 saturated heterocycles. The van der Waals surface area contributed by atoms with E-state index >= 15 is 0 Å². The molecule has 102 valence electrons. The third-order valence-electron chi connectivity index (χ3n) is 2.75. The van der Waals surface area contributed by atoms with Gasteiger partial charge in [-0.1, -0.05) is 15.9 Å². The van der Waals surface area contributed by atoms with E-state index in [1.165, 1.54) is 13.2 Å². The van der Waals surface area contributed by atoms with E-state index in [2.05, 4.69) is 21.2 Å². The summed E-state index contributed by atoms with van der Waals surface area (Å²) in [6.45, 7) is 3.57. The van der Waals surface area contributed by atoms with E-state index in [0.29, 0.717) is 4.47 Å². The van der Waals surface area contributed by atoms with Crippen molar-refractivity contribution in [3.63, 3.8) is 0 Å². The van der Waals surface area contributed by atoms with Crippen LogP contribution in [-0.2, 0) is 10.9 Å². The number of anilines is 1. The number of benzene rings is 1. The monoisotopic (exact) mass is 325 g/mol. The van der Waals surface area contributed by atoms with Gasteiger partial charge in [-0.05, 0) is 32.0 Å². The normalized spacial score (nSPS) is 15.3. The Morgan fingerprint density at radius 3 is 2.39 bits per heavy atom. The molecule has 0 aliphatic carbocycles. The minimum absolute atomic E-state index is 0.0575. The molecule has 2 unspecified atom stereocenters. The van der Waals surface area contributed by atoms with E-state index in [-0.39, 0.29) is 17.8 Å². The zero-order valence-corrected chi connectivity index (χ0v) is 11.9. The highest BCUT2D eigenvalue weighted by atomic mass is 79.9. The van der Waals surface area contributed by atoms with Crippen molar-refractivity contribution in [2.45, 2.75) is 32.2 Å². The van der Waals surface area contributed by atoms with Crippen molar-refractivity contribution < 1.29 is 17.9 Å². The second kappa shape index (κ2) is 5.93. The fourth-order valence-corrected chi connectivity index (χ4v) is 1.80. The van der Waals surface area contributed by atoms with E-state index in [9.17, 15) is 13.2 Å². The highest BCUT2D eigenvalue weighted by Crippen LogP contribution is 2.36. The summed E-state index contributed by atoms with van der Waals surface area (Å²) in [5.74, 6) is 0. The maximum absolute atomic E-state index is 12.9. The predicted molar refractivity (Wildman–Crippen MR) is 68.7 cm³/mol. The third-order valence-corrected chi connectivity index (χ3v) is 3.24. The molecule has 18 heavy (non-hydrogen) atoms. The summed E-state index contributed by atoms with van der Waals surface area (Å²) in [5, 5.41) is 2.83. The molecule has 0 radical (unpaired) electrons. The number of hydrogen-bond donors (Lipinski definition) is 1. The smallest absolute Gasteiger partial charge is 0.380 e. The largest absolute Gasteiger partial charge is 0.418 e. The van der Waals surface area contributed by atoms with Gasteiger partial charge in [0.1, 0.15) is 0 Å². The Labute approximate surface area is 113 Å². The summed E-state index contributed by atoms with van der Waals surface area (Å²) < 4.78 is 44.1. The number of nitrogens with one attached hydrogen (secondary N) is 1. The average molecular weight is 326 g/mol.